The van der Waals surface area contributed by atoms with Crippen molar-refractivity contribution in [3.05, 3.63) is 47.4 Å². The van der Waals surface area contributed by atoms with E-state index in [0.717, 1.165) is 43.1 Å². The van der Waals surface area contributed by atoms with Gasteiger partial charge in [0.05, 0.1) is 6.54 Å². The Morgan fingerprint density at radius 1 is 1.21 bits per heavy atom. The lowest BCUT2D eigenvalue weighted by Crippen LogP contribution is -2.48. The van der Waals surface area contributed by atoms with Crippen LogP contribution in [0.2, 0.25) is 0 Å². The second kappa shape index (κ2) is 9.77. The number of aryl methyl sites for hydroxylation is 1. The number of hydrogen-bond donors (Lipinski definition) is 1. The molecule has 8 heteroatoms. The van der Waals surface area contributed by atoms with Crippen molar-refractivity contribution in [3.8, 4) is 5.75 Å². The van der Waals surface area contributed by atoms with Crippen LogP contribution in [0, 0.1) is 6.92 Å². The number of amides is 2. The Hall–Kier alpha value is -3.16. The zero-order valence-corrected chi connectivity index (χ0v) is 19.8. The third-order valence-electron chi connectivity index (χ3n) is 6.52. The van der Waals surface area contributed by atoms with Crippen LogP contribution in [0.4, 0.5) is 5.82 Å². The lowest BCUT2D eigenvalue weighted by Gasteiger charge is -2.39. The molecule has 2 saturated heterocycles. The van der Waals surface area contributed by atoms with Crippen molar-refractivity contribution in [2.75, 3.05) is 45.2 Å². The Bertz CT molecular complexity index is 1030. The minimum Gasteiger partial charge on any atom is -0.492 e. The van der Waals surface area contributed by atoms with Gasteiger partial charge in [-0.3, -0.25) is 9.59 Å². The molecule has 2 aromatic rings. The molecule has 1 aromatic carbocycles. The zero-order chi connectivity index (χ0) is 23.4. The number of ether oxygens (including phenoxy) is 1. The molecule has 3 heterocycles. The number of carbonyl (C=O) groups is 2. The Morgan fingerprint density at radius 3 is 2.82 bits per heavy atom. The van der Waals surface area contributed by atoms with Crippen LogP contribution in [0.5, 0.6) is 5.75 Å². The molecule has 0 unspecified atom stereocenters. The van der Waals surface area contributed by atoms with Gasteiger partial charge in [0.1, 0.15) is 24.0 Å². The molecule has 0 radical (unpaired) electrons. The van der Waals surface area contributed by atoms with Crippen LogP contribution in [-0.4, -0.2) is 71.4 Å². The van der Waals surface area contributed by atoms with Gasteiger partial charge in [-0.15, -0.1) is 0 Å². The van der Waals surface area contributed by atoms with Crippen LogP contribution in [0.1, 0.15) is 54.5 Å². The first kappa shape index (κ1) is 23.0. The number of piperidine rings is 1. The van der Waals surface area contributed by atoms with Crippen molar-refractivity contribution in [1.82, 2.24) is 19.8 Å². The number of anilines is 1. The molecule has 2 amide bonds. The van der Waals surface area contributed by atoms with E-state index in [1.54, 1.807) is 6.07 Å². The van der Waals surface area contributed by atoms with E-state index in [9.17, 15) is 9.59 Å². The van der Waals surface area contributed by atoms with Gasteiger partial charge in [-0.25, -0.2) is 9.97 Å². The van der Waals surface area contributed by atoms with Crippen molar-refractivity contribution in [2.24, 2.45) is 0 Å². The maximum absolute atomic E-state index is 13.4. The van der Waals surface area contributed by atoms with Crippen molar-refractivity contribution >= 4 is 17.6 Å². The molecular weight excluding hydrogens is 418 g/mol. The van der Waals surface area contributed by atoms with E-state index in [1.165, 1.54) is 0 Å². The first-order chi connectivity index (χ1) is 15.9. The van der Waals surface area contributed by atoms with Crippen molar-refractivity contribution in [2.45, 2.75) is 44.9 Å². The second-order valence-electron chi connectivity index (χ2n) is 9.22. The summed E-state index contributed by atoms with van der Waals surface area (Å²) >= 11 is 0. The van der Waals surface area contributed by atoms with E-state index in [1.807, 2.05) is 48.0 Å². The molecule has 0 bridgehead atoms. The number of benzene rings is 1. The maximum Gasteiger partial charge on any atom is 0.254 e. The molecule has 0 saturated carbocycles. The third kappa shape index (κ3) is 5.26. The molecule has 33 heavy (non-hydrogen) atoms. The number of aromatic nitrogens is 2. The number of rotatable bonds is 7. The fraction of sp³-hybridized carbons (Fsp3) is 0.520. The van der Waals surface area contributed by atoms with Gasteiger partial charge in [0.2, 0.25) is 5.91 Å². The molecule has 1 N–H and O–H groups in total. The Kier molecular flexibility index (Phi) is 6.81. The van der Waals surface area contributed by atoms with Gasteiger partial charge in [0, 0.05) is 55.8 Å². The minimum absolute atomic E-state index is 0.0115. The average Bonchev–Trinajstić information content (AvgIpc) is 3.23. The summed E-state index contributed by atoms with van der Waals surface area (Å²) in [7, 11) is 1.85. The fourth-order valence-electron chi connectivity index (χ4n) is 4.68. The van der Waals surface area contributed by atoms with Crippen LogP contribution in [0.15, 0.2) is 30.3 Å². The highest BCUT2D eigenvalue weighted by Gasteiger charge is 2.37. The molecule has 1 atom stereocenters. The van der Waals surface area contributed by atoms with Gasteiger partial charge in [-0.2, -0.15) is 0 Å². The van der Waals surface area contributed by atoms with E-state index < -0.39 is 0 Å². The van der Waals surface area contributed by atoms with E-state index in [2.05, 4.69) is 12.2 Å². The molecule has 176 valence electrons. The van der Waals surface area contributed by atoms with Gasteiger partial charge < -0.3 is 19.9 Å². The number of nitrogens with one attached hydrogen (secondary N) is 1. The Morgan fingerprint density at radius 2 is 2.06 bits per heavy atom. The average molecular weight is 452 g/mol. The van der Waals surface area contributed by atoms with Crippen LogP contribution in [0.3, 0.4) is 0 Å². The van der Waals surface area contributed by atoms with E-state index in [0.29, 0.717) is 44.0 Å². The van der Waals surface area contributed by atoms with Crippen molar-refractivity contribution in [3.63, 3.8) is 0 Å². The zero-order valence-electron chi connectivity index (χ0n) is 19.8. The van der Waals surface area contributed by atoms with E-state index >= 15 is 0 Å². The molecule has 4 rings (SSSR count). The molecule has 2 aliphatic heterocycles. The van der Waals surface area contributed by atoms with E-state index in [-0.39, 0.29) is 17.2 Å². The van der Waals surface area contributed by atoms with Gasteiger partial charge in [-0.1, -0.05) is 13.0 Å². The monoisotopic (exact) mass is 451 g/mol. The largest absolute Gasteiger partial charge is 0.492 e. The Labute approximate surface area is 195 Å². The Balaban J connectivity index is 1.42. The second-order valence-corrected chi connectivity index (χ2v) is 9.22. The summed E-state index contributed by atoms with van der Waals surface area (Å²) in [4.78, 5) is 38.2. The van der Waals surface area contributed by atoms with Gasteiger partial charge in [-0.05, 0) is 44.4 Å². The molecule has 1 aromatic heterocycles. The summed E-state index contributed by atoms with van der Waals surface area (Å²) in [5.74, 6) is 2.39. The molecule has 0 aliphatic carbocycles. The third-order valence-corrected chi connectivity index (χ3v) is 6.52. The summed E-state index contributed by atoms with van der Waals surface area (Å²) in [6, 6.07) is 9.23. The summed E-state index contributed by atoms with van der Waals surface area (Å²) in [5.41, 5.74) is 1.21. The van der Waals surface area contributed by atoms with Gasteiger partial charge in [0.15, 0.2) is 0 Å². The summed E-state index contributed by atoms with van der Waals surface area (Å²) in [6.07, 6.45) is 3.38. The maximum atomic E-state index is 13.4. The van der Waals surface area contributed by atoms with Crippen LogP contribution in [0.25, 0.3) is 0 Å². The predicted molar refractivity (Wildman–Crippen MR) is 127 cm³/mol. The lowest BCUT2D eigenvalue weighted by atomic mass is 9.80. The van der Waals surface area contributed by atoms with Crippen LogP contribution in [-0.2, 0) is 10.2 Å². The standard InChI is InChI=1S/C25H33N5O3/c1-18-15-21(26-3)28-24(27-18)25(2)10-6-12-30(17-25)23(32)19-7-4-8-20(16-19)33-14-13-29-11-5-9-22(29)31/h4,7-8,15-16H,5-6,9-14,17H2,1-3H3,(H,26,27,28)/t25-/m0/s1. The highest BCUT2D eigenvalue weighted by atomic mass is 16.5. The number of likely N-dealkylation sites (tertiary alicyclic amines) is 2. The fourth-order valence-corrected chi connectivity index (χ4v) is 4.68. The SMILES string of the molecule is CNc1cc(C)nc([C@@]2(C)CCCN(C(=O)c3cccc(OCCN4CCCC4=O)c3)C2)n1. The highest BCUT2D eigenvalue weighted by Crippen LogP contribution is 2.33. The van der Waals surface area contributed by atoms with Crippen LogP contribution >= 0.6 is 0 Å². The molecule has 2 fully saturated rings. The topological polar surface area (TPSA) is 87.7 Å². The van der Waals surface area contributed by atoms with Crippen LogP contribution < -0.4 is 10.1 Å². The van der Waals surface area contributed by atoms with Gasteiger partial charge in [0.25, 0.3) is 5.91 Å². The molecular formula is C25H33N5O3. The molecule has 2 aliphatic rings. The minimum atomic E-state index is -0.304. The number of carbonyl (C=O) groups excluding carboxylic acids is 2. The lowest BCUT2D eigenvalue weighted by molar-refractivity contribution is -0.128. The normalized spacial score (nSPS) is 20.8. The molecule has 8 nitrogen and oxygen atoms in total. The van der Waals surface area contributed by atoms with E-state index in [4.69, 9.17) is 14.7 Å². The molecule has 0 spiro atoms. The highest BCUT2D eigenvalue weighted by molar-refractivity contribution is 5.94. The first-order valence-corrected chi connectivity index (χ1v) is 11.7. The summed E-state index contributed by atoms with van der Waals surface area (Å²) < 4.78 is 5.85. The number of hydrogen-bond acceptors (Lipinski definition) is 6. The quantitative estimate of drug-likeness (QED) is 0.696. The van der Waals surface area contributed by atoms with Gasteiger partial charge >= 0.3 is 0 Å². The first-order valence-electron chi connectivity index (χ1n) is 11.7. The summed E-state index contributed by atoms with van der Waals surface area (Å²) in [6.45, 7) is 7.18. The predicted octanol–water partition coefficient (Wildman–Crippen LogP) is 3.02. The smallest absolute Gasteiger partial charge is 0.254 e. The summed E-state index contributed by atoms with van der Waals surface area (Å²) in [5, 5.41) is 3.10. The number of nitrogens with zero attached hydrogens (tertiary/aromatic N) is 4. The van der Waals surface area contributed by atoms with Crippen molar-refractivity contribution in [1.29, 1.82) is 0 Å². The van der Waals surface area contributed by atoms with Crippen molar-refractivity contribution < 1.29 is 14.3 Å².